The molecule has 0 saturated carbocycles. The zero-order valence-electron chi connectivity index (χ0n) is 9.44. The lowest BCUT2D eigenvalue weighted by Crippen LogP contribution is -2.31. The van der Waals surface area contributed by atoms with E-state index in [9.17, 15) is 14.4 Å². The maximum Gasteiger partial charge on any atom is 0.303 e. The van der Waals surface area contributed by atoms with E-state index in [0.29, 0.717) is 25.8 Å². The molecule has 0 aromatic carbocycles. The van der Waals surface area contributed by atoms with Gasteiger partial charge in [-0.1, -0.05) is 13.3 Å². The van der Waals surface area contributed by atoms with Gasteiger partial charge in [-0.2, -0.15) is 0 Å². The van der Waals surface area contributed by atoms with E-state index in [1.54, 1.807) is 6.92 Å². The molecule has 1 saturated heterocycles. The number of rotatable bonds is 6. The lowest BCUT2D eigenvalue weighted by atomic mass is 10.1. The number of carbonyl (C=O) groups excluding carboxylic acids is 2. The highest BCUT2D eigenvalue weighted by atomic mass is 16.4. The van der Waals surface area contributed by atoms with E-state index in [-0.39, 0.29) is 24.2 Å². The molecule has 0 aromatic heterocycles. The van der Waals surface area contributed by atoms with Gasteiger partial charge in [-0.3, -0.25) is 19.3 Å². The molecule has 90 valence electrons. The topological polar surface area (TPSA) is 74.7 Å². The van der Waals surface area contributed by atoms with E-state index in [1.807, 2.05) is 0 Å². The molecular formula is C11H17NO4. The van der Waals surface area contributed by atoms with Gasteiger partial charge in [0.05, 0.1) is 0 Å². The van der Waals surface area contributed by atoms with E-state index in [0.717, 1.165) is 6.42 Å². The smallest absolute Gasteiger partial charge is 0.303 e. The Labute approximate surface area is 94.4 Å². The van der Waals surface area contributed by atoms with Crippen LogP contribution in [0.4, 0.5) is 0 Å². The molecule has 1 aliphatic heterocycles. The van der Waals surface area contributed by atoms with Crippen molar-refractivity contribution < 1.29 is 19.5 Å². The van der Waals surface area contributed by atoms with Crippen molar-refractivity contribution in [1.29, 1.82) is 0 Å². The average Bonchev–Trinajstić information content (AvgIpc) is 2.43. The number of amides is 2. The quantitative estimate of drug-likeness (QED) is 0.543. The molecule has 1 aliphatic rings. The minimum Gasteiger partial charge on any atom is -0.481 e. The number of unbranched alkanes of at least 4 members (excludes halogenated alkanes) is 2. The second kappa shape index (κ2) is 5.63. The summed E-state index contributed by atoms with van der Waals surface area (Å²) < 4.78 is 0. The number of carbonyl (C=O) groups is 3. The lowest BCUT2D eigenvalue weighted by molar-refractivity contribution is -0.140. The van der Waals surface area contributed by atoms with E-state index in [4.69, 9.17) is 5.11 Å². The maximum atomic E-state index is 11.5. The summed E-state index contributed by atoms with van der Waals surface area (Å²) in [6, 6.07) is 0. The third kappa shape index (κ3) is 3.32. The van der Waals surface area contributed by atoms with E-state index in [2.05, 4.69) is 0 Å². The van der Waals surface area contributed by atoms with Gasteiger partial charge >= 0.3 is 5.97 Å². The van der Waals surface area contributed by atoms with Gasteiger partial charge in [0.2, 0.25) is 11.8 Å². The molecule has 2 amide bonds. The summed E-state index contributed by atoms with van der Waals surface area (Å²) in [5, 5.41) is 8.42. The summed E-state index contributed by atoms with van der Waals surface area (Å²) in [6.07, 6.45) is 2.49. The van der Waals surface area contributed by atoms with Gasteiger partial charge in [0.1, 0.15) is 0 Å². The number of carboxylic acid groups (broad SMARTS) is 1. The number of hydrogen-bond acceptors (Lipinski definition) is 3. The summed E-state index contributed by atoms with van der Waals surface area (Å²) in [5.41, 5.74) is 0. The number of nitrogens with zero attached hydrogens (tertiary/aromatic N) is 1. The molecule has 1 unspecified atom stereocenters. The number of hydrogen-bond donors (Lipinski definition) is 1. The van der Waals surface area contributed by atoms with Crippen molar-refractivity contribution in [3.8, 4) is 0 Å². The van der Waals surface area contributed by atoms with Crippen LogP contribution >= 0.6 is 0 Å². The van der Waals surface area contributed by atoms with Crippen LogP contribution in [0, 0.1) is 5.92 Å². The second-order valence-electron chi connectivity index (χ2n) is 4.19. The first-order valence-electron chi connectivity index (χ1n) is 5.58. The number of imide groups is 1. The Morgan fingerprint density at radius 3 is 2.56 bits per heavy atom. The third-order valence-electron chi connectivity index (χ3n) is 2.74. The summed E-state index contributed by atoms with van der Waals surface area (Å²) in [6.45, 7) is 2.19. The predicted molar refractivity (Wildman–Crippen MR) is 56.6 cm³/mol. The van der Waals surface area contributed by atoms with Gasteiger partial charge in [0, 0.05) is 25.3 Å². The third-order valence-corrected chi connectivity index (χ3v) is 2.74. The van der Waals surface area contributed by atoms with E-state index >= 15 is 0 Å². The van der Waals surface area contributed by atoms with Gasteiger partial charge in [0.25, 0.3) is 0 Å². The Morgan fingerprint density at radius 1 is 1.38 bits per heavy atom. The zero-order chi connectivity index (χ0) is 12.1. The second-order valence-corrected chi connectivity index (χ2v) is 4.19. The van der Waals surface area contributed by atoms with Crippen LogP contribution in [0.3, 0.4) is 0 Å². The van der Waals surface area contributed by atoms with E-state index in [1.165, 1.54) is 4.90 Å². The molecule has 0 radical (unpaired) electrons. The highest BCUT2D eigenvalue weighted by molar-refractivity contribution is 6.03. The monoisotopic (exact) mass is 227 g/mol. The summed E-state index contributed by atoms with van der Waals surface area (Å²) in [5.74, 6) is -1.19. The number of carboxylic acids is 1. The number of likely N-dealkylation sites (tertiary alicyclic amines) is 1. The van der Waals surface area contributed by atoms with Crippen molar-refractivity contribution in [1.82, 2.24) is 4.90 Å². The highest BCUT2D eigenvalue weighted by Crippen LogP contribution is 2.19. The minimum atomic E-state index is -0.804. The first-order chi connectivity index (χ1) is 7.52. The minimum absolute atomic E-state index is 0.0942. The molecule has 1 rings (SSSR count). The molecule has 0 aliphatic carbocycles. The number of aliphatic carboxylic acids is 1. The van der Waals surface area contributed by atoms with Crippen LogP contribution in [-0.4, -0.2) is 34.3 Å². The normalized spacial score (nSPS) is 20.6. The Bertz CT molecular complexity index is 300. The van der Waals surface area contributed by atoms with Crippen LogP contribution in [0.15, 0.2) is 0 Å². The molecular weight excluding hydrogens is 210 g/mol. The van der Waals surface area contributed by atoms with Crippen molar-refractivity contribution in [2.24, 2.45) is 5.92 Å². The SMILES string of the molecule is CC1CC(=O)N(CCCCCC(=O)O)C1=O. The van der Waals surface area contributed by atoms with Crippen molar-refractivity contribution in [2.75, 3.05) is 6.54 Å². The fraction of sp³-hybridized carbons (Fsp3) is 0.727. The lowest BCUT2D eigenvalue weighted by Gasteiger charge is -2.13. The molecule has 5 heteroatoms. The highest BCUT2D eigenvalue weighted by Gasteiger charge is 2.34. The Morgan fingerprint density at radius 2 is 2.06 bits per heavy atom. The fourth-order valence-electron chi connectivity index (χ4n) is 1.81. The Kier molecular flexibility index (Phi) is 4.46. The molecule has 1 atom stereocenters. The van der Waals surface area contributed by atoms with Crippen LogP contribution < -0.4 is 0 Å². The van der Waals surface area contributed by atoms with Gasteiger partial charge in [0.15, 0.2) is 0 Å². The first kappa shape index (κ1) is 12.7. The molecule has 1 N–H and O–H groups in total. The summed E-state index contributed by atoms with van der Waals surface area (Å²) in [4.78, 5) is 34.4. The molecule has 0 spiro atoms. The zero-order valence-corrected chi connectivity index (χ0v) is 9.44. The van der Waals surface area contributed by atoms with E-state index < -0.39 is 5.97 Å². The van der Waals surface area contributed by atoms with Gasteiger partial charge in [-0.05, 0) is 12.8 Å². The molecule has 0 bridgehead atoms. The summed E-state index contributed by atoms with van der Waals surface area (Å²) in [7, 11) is 0. The largest absolute Gasteiger partial charge is 0.481 e. The van der Waals surface area contributed by atoms with Crippen LogP contribution in [0.25, 0.3) is 0 Å². The van der Waals surface area contributed by atoms with Crippen molar-refractivity contribution in [3.63, 3.8) is 0 Å². The van der Waals surface area contributed by atoms with Crippen molar-refractivity contribution in [2.45, 2.75) is 39.0 Å². The average molecular weight is 227 g/mol. The Hall–Kier alpha value is -1.39. The van der Waals surface area contributed by atoms with Gasteiger partial charge in [-0.15, -0.1) is 0 Å². The standard InChI is InChI=1S/C11H17NO4/c1-8-7-9(13)12(11(8)16)6-4-2-3-5-10(14)15/h8H,2-7H2,1H3,(H,14,15). The van der Waals surface area contributed by atoms with Crippen molar-refractivity contribution >= 4 is 17.8 Å². The van der Waals surface area contributed by atoms with Crippen LogP contribution in [0.5, 0.6) is 0 Å². The molecule has 16 heavy (non-hydrogen) atoms. The van der Waals surface area contributed by atoms with Crippen LogP contribution in [0.2, 0.25) is 0 Å². The van der Waals surface area contributed by atoms with Crippen molar-refractivity contribution in [3.05, 3.63) is 0 Å². The Balaban J connectivity index is 2.20. The summed E-state index contributed by atoms with van der Waals surface area (Å²) >= 11 is 0. The van der Waals surface area contributed by atoms with Crippen LogP contribution in [-0.2, 0) is 14.4 Å². The molecule has 1 fully saturated rings. The fourth-order valence-corrected chi connectivity index (χ4v) is 1.81. The van der Waals surface area contributed by atoms with Gasteiger partial charge in [-0.25, -0.2) is 0 Å². The van der Waals surface area contributed by atoms with Crippen LogP contribution in [0.1, 0.15) is 39.0 Å². The predicted octanol–water partition coefficient (Wildman–Crippen LogP) is 1.03. The van der Waals surface area contributed by atoms with Gasteiger partial charge < -0.3 is 5.11 Å². The molecule has 0 aromatic rings. The molecule has 1 heterocycles. The first-order valence-corrected chi connectivity index (χ1v) is 5.58. The molecule has 5 nitrogen and oxygen atoms in total. The maximum absolute atomic E-state index is 11.5.